The Balaban J connectivity index is 1.52. The van der Waals surface area contributed by atoms with Gasteiger partial charge in [-0.2, -0.15) is 0 Å². The summed E-state index contributed by atoms with van der Waals surface area (Å²) in [6.45, 7) is 2.75. The fourth-order valence-electron chi connectivity index (χ4n) is 3.91. The van der Waals surface area contributed by atoms with Crippen molar-refractivity contribution in [2.45, 2.75) is 36.1 Å². The number of rotatable bonds is 4. The van der Waals surface area contributed by atoms with E-state index in [1.165, 1.54) is 47.2 Å². The van der Waals surface area contributed by atoms with Crippen LogP contribution in [0.4, 0.5) is 5.69 Å². The standard InChI is InChI=1S/C19H20N4O2S3/c24-14-10-27-19-16(21-14)15-17(28-19)18(25)23(11-20-15)9-12(13-5-4-8-26-13)22-6-2-1-3-7-22/h4-5,8,11-12H,1-3,6-7,9-10H2,(H,21,24). The Morgan fingerprint density at radius 3 is 2.86 bits per heavy atom. The maximum atomic E-state index is 13.2. The molecule has 5 heterocycles. The molecule has 0 spiro atoms. The predicted molar refractivity (Wildman–Crippen MR) is 116 cm³/mol. The molecule has 2 aliphatic rings. The van der Waals surface area contributed by atoms with Crippen LogP contribution in [0.3, 0.4) is 0 Å². The van der Waals surface area contributed by atoms with E-state index in [0.717, 1.165) is 17.3 Å². The van der Waals surface area contributed by atoms with E-state index in [4.69, 9.17) is 0 Å². The van der Waals surface area contributed by atoms with Gasteiger partial charge in [0.1, 0.15) is 10.2 Å². The fourth-order valence-corrected chi connectivity index (χ4v) is 6.94. The number of thiophene rings is 2. The van der Waals surface area contributed by atoms with Crippen molar-refractivity contribution >= 4 is 56.2 Å². The smallest absolute Gasteiger partial charge is 0.271 e. The lowest BCUT2D eigenvalue weighted by Gasteiger charge is -2.34. The van der Waals surface area contributed by atoms with Crippen molar-refractivity contribution in [2.75, 3.05) is 24.2 Å². The van der Waals surface area contributed by atoms with E-state index in [1.807, 2.05) is 0 Å². The highest BCUT2D eigenvalue weighted by Crippen LogP contribution is 2.42. The lowest BCUT2D eigenvalue weighted by atomic mass is 10.1. The zero-order valence-electron chi connectivity index (χ0n) is 15.2. The number of piperidine rings is 1. The number of carbonyl (C=O) groups is 1. The van der Waals surface area contributed by atoms with Crippen molar-refractivity contribution in [1.29, 1.82) is 0 Å². The fraction of sp³-hybridized carbons (Fsp3) is 0.421. The molecule has 1 unspecified atom stereocenters. The molecule has 6 nitrogen and oxygen atoms in total. The number of nitrogens with one attached hydrogen (secondary N) is 1. The number of amides is 1. The first-order valence-corrected chi connectivity index (χ1v) is 12.1. The summed E-state index contributed by atoms with van der Waals surface area (Å²) in [6.07, 6.45) is 5.35. The summed E-state index contributed by atoms with van der Waals surface area (Å²) in [5.74, 6) is 0.356. The molecule has 0 bridgehead atoms. The Morgan fingerprint density at radius 2 is 2.07 bits per heavy atom. The maximum absolute atomic E-state index is 13.2. The third kappa shape index (κ3) is 3.30. The van der Waals surface area contributed by atoms with Crippen LogP contribution >= 0.6 is 34.4 Å². The molecule has 1 N–H and O–H groups in total. The van der Waals surface area contributed by atoms with Crippen molar-refractivity contribution in [2.24, 2.45) is 0 Å². The van der Waals surface area contributed by atoms with Gasteiger partial charge in [0.15, 0.2) is 0 Å². The van der Waals surface area contributed by atoms with Crippen LogP contribution in [0.2, 0.25) is 0 Å². The largest absolute Gasteiger partial charge is 0.322 e. The number of fused-ring (bicyclic) bond motifs is 3. The summed E-state index contributed by atoms with van der Waals surface area (Å²) < 4.78 is 3.35. The third-order valence-electron chi connectivity index (χ3n) is 5.30. The predicted octanol–water partition coefficient (Wildman–Crippen LogP) is 3.79. The van der Waals surface area contributed by atoms with Gasteiger partial charge in [-0.15, -0.1) is 34.4 Å². The lowest BCUT2D eigenvalue weighted by molar-refractivity contribution is -0.113. The Bertz CT molecular complexity index is 1070. The van der Waals surface area contributed by atoms with Crippen LogP contribution < -0.4 is 10.9 Å². The quantitative estimate of drug-likeness (QED) is 0.679. The van der Waals surface area contributed by atoms with Gasteiger partial charge in [0, 0.05) is 11.4 Å². The lowest BCUT2D eigenvalue weighted by Crippen LogP contribution is -2.37. The second kappa shape index (κ2) is 7.62. The number of nitrogens with zero attached hydrogens (tertiary/aromatic N) is 3. The Kier molecular flexibility index (Phi) is 5.00. The Labute approximate surface area is 174 Å². The van der Waals surface area contributed by atoms with Crippen molar-refractivity contribution in [3.05, 3.63) is 39.1 Å². The molecule has 28 heavy (non-hydrogen) atoms. The minimum Gasteiger partial charge on any atom is -0.322 e. The molecule has 2 aliphatic heterocycles. The average molecular weight is 433 g/mol. The van der Waals surface area contributed by atoms with Crippen LogP contribution in [0.25, 0.3) is 10.2 Å². The van der Waals surface area contributed by atoms with Gasteiger partial charge in [-0.25, -0.2) is 4.98 Å². The summed E-state index contributed by atoms with van der Waals surface area (Å²) in [5.41, 5.74) is 1.31. The molecule has 0 radical (unpaired) electrons. The normalized spacial score (nSPS) is 18.8. The molecule has 1 atom stereocenters. The molecule has 0 aliphatic carbocycles. The highest BCUT2D eigenvalue weighted by Gasteiger charge is 2.26. The minimum atomic E-state index is -0.0361. The molecule has 9 heteroatoms. The van der Waals surface area contributed by atoms with E-state index in [0.29, 0.717) is 28.2 Å². The van der Waals surface area contributed by atoms with Crippen molar-refractivity contribution < 1.29 is 4.79 Å². The van der Waals surface area contributed by atoms with E-state index in [2.05, 4.69) is 32.7 Å². The van der Waals surface area contributed by atoms with Crippen molar-refractivity contribution in [3.8, 4) is 0 Å². The van der Waals surface area contributed by atoms with Gasteiger partial charge >= 0.3 is 0 Å². The van der Waals surface area contributed by atoms with Gasteiger partial charge in [-0.1, -0.05) is 12.5 Å². The van der Waals surface area contributed by atoms with Crippen LogP contribution in [0.15, 0.2) is 32.8 Å². The number of anilines is 1. The molecule has 3 aromatic rings. The van der Waals surface area contributed by atoms with Gasteiger partial charge in [0.2, 0.25) is 5.91 Å². The van der Waals surface area contributed by atoms with Gasteiger partial charge in [0.25, 0.3) is 5.56 Å². The first-order valence-electron chi connectivity index (χ1n) is 9.43. The van der Waals surface area contributed by atoms with E-state index in [9.17, 15) is 9.59 Å². The van der Waals surface area contributed by atoms with E-state index in [-0.39, 0.29) is 17.5 Å². The van der Waals surface area contributed by atoms with Crippen LogP contribution in [-0.2, 0) is 11.3 Å². The molecular weight excluding hydrogens is 412 g/mol. The Morgan fingerprint density at radius 1 is 1.21 bits per heavy atom. The Hall–Kier alpha value is -1.68. The summed E-state index contributed by atoms with van der Waals surface area (Å²) in [5, 5.41) is 4.98. The number of carbonyl (C=O) groups excluding carboxylic acids is 1. The van der Waals surface area contributed by atoms with Crippen molar-refractivity contribution in [1.82, 2.24) is 14.5 Å². The monoisotopic (exact) mass is 432 g/mol. The molecular formula is C19H20N4O2S3. The second-order valence-electron chi connectivity index (χ2n) is 7.11. The summed E-state index contributed by atoms with van der Waals surface area (Å²) >= 11 is 4.68. The van der Waals surface area contributed by atoms with Gasteiger partial charge in [-0.05, 0) is 37.4 Å². The number of likely N-dealkylation sites (tertiary alicyclic amines) is 1. The van der Waals surface area contributed by atoms with Crippen LogP contribution in [-0.4, -0.2) is 39.2 Å². The minimum absolute atomic E-state index is 0.0159. The molecule has 1 amide bonds. The molecule has 1 fully saturated rings. The van der Waals surface area contributed by atoms with Crippen LogP contribution in [0.1, 0.15) is 30.2 Å². The molecule has 1 saturated heterocycles. The zero-order chi connectivity index (χ0) is 19.1. The van der Waals surface area contributed by atoms with Crippen molar-refractivity contribution in [3.63, 3.8) is 0 Å². The van der Waals surface area contributed by atoms with Gasteiger partial charge in [0.05, 0.1) is 28.0 Å². The SMILES string of the molecule is O=C1CSc2sc3c(=O)n(CC(c4cccs4)N4CCCCC4)cnc3c2N1. The summed E-state index contributed by atoms with van der Waals surface area (Å²) in [6, 6.07) is 4.44. The molecule has 5 rings (SSSR count). The van der Waals surface area contributed by atoms with E-state index < -0.39 is 0 Å². The molecule has 0 aromatic carbocycles. The highest BCUT2D eigenvalue weighted by atomic mass is 32.2. The second-order valence-corrected chi connectivity index (χ2v) is 10.4. The number of thioether (sulfide) groups is 1. The highest BCUT2D eigenvalue weighted by molar-refractivity contribution is 8.02. The molecule has 146 valence electrons. The number of aromatic nitrogens is 2. The van der Waals surface area contributed by atoms with E-state index in [1.54, 1.807) is 22.2 Å². The molecule has 0 saturated carbocycles. The first-order chi connectivity index (χ1) is 13.7. The summed E-state index contributed by atoms with van der Waals surface area (Å²) in [7, 11) is 0. The topological polar surface area (TPSA) is 67.2 Å². The number of hydrogen-bond acceptors (Lipinski definition) is 7. The zero-order valence-corrected chi connectivity index (χ0v) is 17.7. The number of hydrogen-bond donors (Lipinski definition) is 1. The van der Waals surface area contributed by atoms with Gasteiger partial charge < -0.3 is 5.32 Å². The van der Waals surface area contributed by atoms with Gasteiger partial charge in [-0.3, -0.25) is 19.1 Å². The van der Waals surface area contributed by atoms with Crippen LogP contribution in [0, 0.1) is 0 Å². The van der Waals surface area contributed by atoms with Crippen LogP contribution in [0.5, 0.6) is 0 Å². The average Bonchev–Trinajstić information content (AvgIpc) is 3.36. The third-order valence-corrected chi connectivity index (χ3v) is 8.72. The van der Waals surface area contributed by atoms with E-state index >= 15 is 0 Å². The first kappa shape index (κ1) is 18.4. The summed E-state index contributed by atoms with van der Waals surface area (Å²) in [4.78, 5) is 33.3. The maximum Gasteiger partial charge on any atom is 0.271 e. The molecule has 3 aromatic heterocycles.